The topological polar surface area (TPSA) is 80.9 Å². The van der Waals surface area contributed by atoms with E-state index in [0.717, 1.165) is 41.7 Å². The zero-order valence-electron chi connectivity index (χ0n) is 15.4. The van der Waals surface area contributed by atoms with E-state index in [1.807, 2.05) is 0 Å². The molecule has 0 aliphatic carbocycles. The number of rotatable bonds is 5. The molecule has 0 aliphatic heterocycles. The summed E-state index contributed by atoms with van der Waals surface area (Å²) < 4.78 is 71.9. The van der Waals surface area contributed by atoms with Crippen molar-refractivity contribution >= 4 is 33.1 Å². The van der Waals surface area contributed by atoms with Crippen molar-refractivity contribution in [3.05, 3.63) is 78.1 Å². The highest BCUT2D eigenvalue weighted by Gasteiger charge is 2.24. The number of hydrogen-bond donors (Lipinski definition) is 2. The molecule has 0 aliphatic rings. The average molecular weight is 464 g/mol. The Bertz CT molecular complexity index is 1300. The number of nitrogens with zero attached hydrogens (tertiary/aromatic N) is 2. The Morgan fingerprint density at radius 2 is 1.68 bits per heavy atom. The lowest BCUT2D eigenvalue weighted by Crippen LogP contribution is -2.09. The molecule has 1 atom stereocenters. The van der Waals surface area contributed by atoms with Gasteiger partial charge in [-0.1, -0.05) is 11.3 Å². The lowest BCUT2D eigenvalue weighted by molar-refractivity contribution is 0.572. The van der Waals surface area contributed by atoms with Gasteiger partial charge in [0.2, 0.25) is 0 Å². The maximum absolute atomic E-state index is 15.3. The highest BCUT2D eigenvalue weighted by Crippen LogP contribution is 2.41. The molecule has 2 aromatic heterocycles. The molecule has 0 radical (unpaired) electrons. The number of halogens is 4. The third-order valence-corrected chi connectivity index (χ3v) is 6.26. The van der Waals surface area contributed by atoms with Crippen LogP contribution in [0.25, 0.3) is 21.7 Å². The van der Waals surface area contributed by atoms with Crippen LogP contribution in [0.1, 0.15) is 0 Å². The Morgan fingerprint density at radius 1 is 0.968 bits per heavy atom. The molecule has 0 amide bonds. The number of nitrogen functional groups attached to an aromatic ring is 1. The van der Waals surface area contributed by atoms with Gasteiger partial charge in [-0.15, -0.1) is 0 Å². The minimum atomic E-state index is -2.35. The number of benzene rings is 2. The molecule has 31 heavy (non-hydrogen) atoms. The smallest absolute Gasteiger partial charge is 0.181 e. The van der Waals surface area contributed by atoms with Crippen molar-refractivity contribution in [2.75, 3.05) is 10.5 Å². The van der Waals surface area contributed by atoms with E-state index in [1.165, 1.54) is 12.4 Å². The van der Waals surface area contributed by atoms with Crippen molar-refractivity contribution in [2.45, 2.75) is 4.90 Å². The van der Waals surface area contributed by atoms with Crippen LogP contribution in [0.2, 0.25) is 0 Å². The summed E-state index contributed by atoms with van der Waals surface area (Å²) in [7, 11) is -2.35. The maximum Gasteiger partial charge on any atom is 0.181 e. The van der Waals surface area contributed by atoms with E-state index in [0.29, 0.717) is 10.4 Å². The minimum absolute atomic E-state index is 0.0462. The van der Waals surface area contributed by atoms with Gasteiger partial charge in [0.1, 0.15) is 17.5 Å². The predicted molar refractivity (Wildman–Crippen MR) is 111 cm³/mol. The quantitative estimate of drug-likeness (QED) is 0.401. The zero-order valence-corrected chi connectivity index (χ0v) is 17.0. The van der Waals surface area contributed by atoms with Gasteiger partial charge in [-0.25, -0.2) is 26.8 Å². The summed E-state index contributed by atoms with van der Waals surface area (Å²) >= 11 is 1.03. The van der Waals surface area contributed by atoms with Gasteiger partial charge >= 0.3 is 0 Å². The highest BCUT2D eigenvalue weighted by atomic mass is 32.2. The highest BCUT2D eigenvalue weighted by molar-refractivity contribution is 7.86. The van der Waals surface area contributed by atoms with Crippen LogP contribution in [0.4, 0.5) is 28.4 Å². The predicted octanol–water partition coefficient (Wildman–Crippen LogP) is 5.15. The van der Waals surface area contributed by atoms with Crippen LogP contribution in [0.5, 0.6) is 0 Å². The van der Waals surface area contributed by atoms with Crippen LogP contribution in [0.3, 0.4) is 0 Å². The summed E-state index contributed by atoms with van der Waals surface area (Å²) in [5, 5.41) is 0.0874. The van der Waals surface area contributed by atoms with Crippen molar-refractivity contribution in [3.8, 4) is 21.7 Å². The summed E-state index contributed by atoms with van der Waals surface area (Å²) in [6, 6.07) is 7.61. The van der Waals surface area contributed by atoms with Crippen molar-refractivity contribution in [2.24, 2.45) is 0 Å². The van der Waals surface area contributed by atoms with E-state index in [1.54, 1.807) is 12.1 Å². The van der Waals surface area contributed by atoms with Crippen molar-refractivity contribution < 1.29 is 21.8 Å². The fourth-order valence-electron chi connectivity index (χ4n) is 2.83. The van der Waals surface area contributed by atoms with Crippen LogP contribution in [-0.2, 0) is 11.0 Å². The molecule has 0 saturated heterocycles. The fourth-order valence-corrected chi connectivity index (χ4v) is 4.60. The summed E-state index contributed by atoms with van der Waals surface area (Å²) in [5.41, 5.74) is 5.46. The second kappa shape index (κ2) is 8.44. The van der Waals surface area contributed by atoms with Gasteiger partial charge < -0.3 is 5.73 Å². The molecule has 0 bridgehead atoms. The van der Waals surface area contributed by atoms with Gasteiger partial charge in [-0.05, 0) is 48.0 Å². The lowest BCUT2D eigenvalue weighted by Gasteiger charge is -2.12. The Kier molecular flexibility index (Phi) is 5.70. The molecule has 0 fully saturated rings. The summed E-state index contributed by atoms with van der Waals surface area (Å²) in [6.07, 6.45) is 3.02. The molecule has 158 valence electrons. The first-order valence-corrected chi connectivity index (χ1v) is 10.6. The molecule has 1 unspecified atom stereocenters. The van der Waals surface area contributed by atoms with Crippen LogP contribution < -0.4 is 10.5 Å². The zero-order chi connectivity index (χ0) is 22.1. The van der Waals surface area contributed by atoms with Gasteiger partial charge in [0, 0.05) is 12.4 Å². The number of thiazole rings is 1. The first-order chi connectivity index (χ1) is 14.8. The van der Waals surface area contributed by atoms with Gasteiger partial charge in [-0.2, -0.15) is 0 Å². The molecule has 0 saturated carbocycles. The number of nitrogens with one attached hydrogen (secondary N) is 1. The summed E-state index contributed by atoms with van der Waals surface area (Å²) in [6.45, 7) is 0. The maximum atomic E-state index is 15.3. The van der Waals surface area contributed by atoms with Gasteiger partial charge in [0.15, 0.2) is 21.9 Å². The normalized spacial score (nSPS) is 12.0. The first-order valence-electron chi connectivity index (χ1n) is 8.63. The van der Waals surface area contributed by atoms with Crippen LogP contribution in [-0.4, -0.2) is 14.2 Å². The molecule has 5 nitrogen and oxygen atoms in total. The van der Waals surface area contributed by atoms with Crippen molar-refractivity contribution in [1.29, 1.82) is 0 Å². The van der Waals surface area contributed by atoms with Crippen LogP contribution in [0, 0.1) is 23.3 Å². The Morgan fingerprint density at radius 3 is 2.42 bits per heavy atom. The molecular weight excluding hydrogens is 452 g/mol. The van der Waals surface area contributed by atoms with E-state index in [4.69, 9.17) is 5.73 Å². The van der Waals surface area contributed by atoms with Gasteiger partial charge in [-0.3, -0.25) is 9.71 Å². The number of pyridine rings is 1. The minimum Gasteiger partial charge on any atom is -0.375 e. The molecule has 11 heteroatoms. The number of nitrogens with two attached hydrogens (primary N) is 1. The Labute approximate surface area is 180 Å². The largest absolute Gasteiger partial charge is 0.375 e. The first kappa shape index (κ1) is 20.9. The van der Waals surface area contributed by atoms with Crippen LogP contribution in [0.15, 0.2) is 59.8 Å². The van der Waals surface area contributed by atoms with Crippen molar-refractivity contribution in [3.63, 3.8) is 0 Å². The SMILES string of the molecule is Nc1nc(-c2c(F)ccc(NS(=O)c3cc(F)ccc3F)c2F)c(-c2ccncc2)s1. The van der Waals surface area contributed by atoms with Crippen molar-refractivity contribution in [1.82, 2.24) is 9.97 Å². The Balaban J connectivity index is 1.78. The molecule has 2 heterocycles. The number of anilines is 2. The second-order valence-electron chi connectivity index (χ2n) is 6.20. The molecule has 4 aromatic rings. The van der Waals surface area contributed by atoms with E-state index < -0.39 is 44.7 Å². The fraction of sp³-hybridized carbons (Fsp3) is 0. The van der Waals surface area contributed by atoms with Gasteiger partial charge in [0.25, 0.3) is 0 Å². The molecule has 3 N–H and O–H groups in total. The molecule has 2 aromatic carbocycles. The van der Waals surface area contributed by atoms with Gasteiger partial charge in [0.05, 0.1) is 26.7 Å². The second-order valence-corrected chi connectivity index (χ2v) is 8.41. The number of hydrogen-bond acceptors (Lipinski definition) is 5. The van der Waals surface area contributed by atoms with Crippen LogP contribution >= 0.6 is 11.3 Å². The third-order valence-electron chi connectivity index (χ3n) is 4.21. The third kappa shape index (κ3) is 4.14. The monoisotopic (exact) mass is 464 g/mol. The molecular formula is C20H12F4N4OS2. The van der Waals surface area contributed by atoms with E-state index in [-0.39, 0.29) is 16.5 Å². The van der Waals surface area contributed by atoms with E-state index >= 15 is 4.39 Å². The Hall–Kier alpha value is -3.31. The summed E-state index contributed by atoms with van der Waals surface area (Å²) in [4.78, 5) is 7.87. The average Bonchev–Trinajstić information content (AvgIpc) is 3.13. The lowest BCUT2D eigenvalue weighted by atomic mass is 10.1. The van der Waals surface area contributed by atoms with E-state index in [2.05, 4.69) is 14.7 Å². The summed E-state index contributed by atoms with van der Waals surface area (Å²) in [5.74, 6) is -3.79. The number of aromatic nitrogens is 2. The standard InChI is InChI=1S/C20H12F4N4OS2/c21-11-1-2-12(22)15(9-11)31(29)28-14-4-3-13(23)16(17(14)24)18-19(30-20(25)27-18)10-5-7-26-8-6-10/h1-9,28H,(H2,25,27). The molecule has 4 rings (SSSR count). The van der Waals surface area contributed by atoms with E-state index in [9.17, 15) is 17.4 Å². The molecule has 0 spiro atoms.